The predicted molar refractivity (Wildman–Crippen MR) is 270 cm³/mol. The number of likely N-dealkylation sites (tertiary alicyclic amines) is 1. The molecule has 2 aliphatic heterocycles. The molecular formula is C51H72ClN7O11S. The SMILES string of the molecule is CC[C@@H]1C[C@]1(NC(=O)[C@@H]1C[C@@H](Oc2cc(-c3csc(NC(C)C)n3)nc3c(Cl)c(OC[C@H]4COCCN4C(=O)OC(C)(C)C)ccc23)CN1C(=O)[C@@H](NC(=O)OC1CC(C)[C@H](C)C1)C(C)(C)C)C(=O)OC. The van der Waals surface area contributed by atoms with E-state index in [4.69, 9.17) is 50.0 Å². The number of thiazole rings is 1. The second-order valence-electron chi connectivity index (χ2n) is 22.0. The van der Waals surface area contributed by atoms with E-state index in [2.05, 4.69) is 29.8 Å². The summed E-state index contributed by atoms with van der Waals surface area (Å²) in [6.45, 7) is 22.1. The molecule has 4 amide bonds. The molecule has 20 heteroatoms. The van der Waals surface area contributed by atoms with Crippen LogP contribution in [-0.2, 0) is 33.3 Å². The fraction of sp³-hybridized carbons (Fsp3) is 0.667. The number of benzene rings is 1. The first-order valence-corrected chi connectivity index (χ1v) is 26.1. The predicted octanol–water partition coefficient (Wildman–Crippen LogP) is 8.23. The topological polar surface area (TPSA) is 209 Å². The normalized spacial score (nSPS) is 25.9. The minimum absolute atomic E-state index is 0.0373. The molecule has 71 heavy (non-hydrogen) atoms. The number of carbonyl (C=O) groups is 5. The number of morpholine rings is 1. The van der Waals surface area contributed by atoms with Gasteiger partial charge in [-0.25, -0.2) is 24.4 Å². The van der Waals surface area contributed by atoms with Crippen molar-refractivity contribution in [2.45, 2.75) is 156 Å². The fourth-order valence-electron chi connectivity index (χ4n) is 9.71. The number of nitrogens with one attached hydrogen (secondary N) is 3. The Hall–Kier alpha value is -5.14. The molecule has 2 unspecified atom stereocenters. The first-order chi connectivity index (χ1) is 33.4. The van der Waals surface area contributed by atoms with Gasteiger partial charge in [-0.05, 0) is 89.2 Å². The number of amides is 4. The number of hydrogen-bond acceptors (Lipinski definition) is 15. The number of ether oxygens (including phenoxy) is 6. The Bertz CT molecular complexity index is 2450. The average molecular weight is 1030 g/mol. The van der Waals surface area contributed by atoms with Gasteiger partial charge in [-0.2, -0.15) is 0 Å². The van der Waals surface area contributed by atoms with E-state index in [1.807, 2.05) is 67.7 Å². The molecule has 9 atom stereocenters. The fourth-order valence-corrected chi connectivity index (χ4v) is 10.8. The molecule has 4 aliphatic rings. The number of fused-ring (bicyclic) bond motifs is 1. The molecule has 390 valence electrons. The summed E-state index contributed by atoms with van der Waals surface area (Å²) in [5.41, 5.74) is -1.40. The van der Waals surface area contributed by atoms with Gasteiger partial charge in [0.25, 0.3) is 0 Å². The minimum Gasteiger partial charge on any atom is -0.490 e. The van der Waals surface area contributed by atoms with Crippen LogP contribution in [0.2, 0.25) is 5.02 Å². The third-order valence-electron chi connectivity index (χ3n) is 13.8. The monoisotopic (exact) mass is 1030 g/mol. The van der Waals surface area contributed by atoms with Crippen LogP contribution in [0, 0.1) is 23.2 Å². The van der Waals surface area contributed by atoms with Crippen molar-refractivity contribution in [2.24, 2.45) is 23.2 Å². The molecule has 2 saturated heterocycles. The van der Waals surface area contributed by atoms with Gasteiger partial charge in [0.1, 0.15) is 64.3 Å². The summed E-state index contributed by atoms with van der Waals surface area (Å²) in [5.74, 6) is -0.292. The zero-order valence-corrected chi connectivity index (χ0v) is 44.7. The molecular weight excluding hydrogens is 954 g/mol. The molecule has 0 bridgehead atoms. The van der Waals surface area contributed by atoms with Crippen molar-refractivity contribution in [1.29, 1.82) is 0 Å². The molecule has 3 aromatic rings. The lowest BCUT2D eigenvalue weighted by molar-refractivity contribution is -0.148. The lowest BCUT2D eigenvalue weighted by atomic mass is 9.85. The summed E-state index contributed by atoms with van der Waals surface area (Å²) in [4.78, 5) is 82.4. The van der Waals surface area contributed by atoms with Crippen molar-refractivity contribution in [3.8, 4) is 22.9 Å². The van der Waals surface area contributed by atoms with Gasteiger partial charge in [0.05, 0.1) is 44.1 Å². The van der Waals surface area contributed by atoms with E-state index in [0.717, 1.165) is 12.8 Å². The third-order valence-corrected chi connectivity index (χ3v) is 15.0. The maximum atomic E-state index is 15.0. The average Bonchev–Trinajstić information content (AvgIpc) is 3.53. The molecule has 2 aromatic heterocycles. The van der Waals surface area contributed by atoms with E-state index in [1.165, 1.54) is 23.3 Å². The Labute approximate surface area is 425 Å². The highest BCUT2D eigenvalue weighted by molar-refractivity contribution is 7.14. The number of halogens is 1. The molecule has 4 heterocycles. The zero-order valence-electron chi connectivity index (χ0n) is 43.1. The molecule has 7 rings (SSSR count). The van der Waals surface area contributed by atoms with Crippen LogP contribution in [0.15, 0.2) is 23.6 Å². The van der Waals surface area contributed by atoms with Crippen molar-refractivity contribution in [1.82, 2.24) is 30.4 Å². The Kier molecular flexibility index (Phi) is 16.3. The number of rotatable bonds is 15. The number of esters is 1. The number of aromatic nitrogens is 2. The van der Waals surface area contributed by atoms with Gasteiger partial charge in [0.2, 0.25) is 11.8 Å². The van der Waals surface area contributed by atoms with Crippen molar-refractivity contribution in [2.75, 3.05) is 45.3 Å². The van der Waals surface area contributed by atoms with Gasteiger partial charge < -0.3 is 49.3 Å². The number of pyridine rings is 1. The van der Waals surface area contributed by atoms with Crippen LogP contribution >= 0.6 is 22.9 Å². The smallest absolute Gasteiger partial charge is 0.410 e. The lowest BCUT2D eigenvalue weighted by Crippen LogP contribution is -2.59. The van der Waals surface area contributed by atoms with Gasteiger partial charge in [0, 0.05) is 35.8 Å². The van der Waals surface area contributed by atoms with Crippen molar-refractivity contribution < 1.29 is 52.4 Å². The Balaban J connectivity index is 1.21. The molecule has 4 fully saturated rings. The Morgan fingerprint density at radius 2 is 1.69 bits per heavy atom. The largest absolute Gasteiger partial charge is 0.490 e. The van der Waals surface area contributed by atoms with Crippen LogP contribution < -0.4 is 25.4 Å². The Morgan fingerprint density at radius 3 is 2.32 bits per heavy atom. The van der Waals surface area contributed by atoms with E-state index in [0.29, 0.717) is 76.8 Å². The molecule has 18 nitrogen and oxygen atoms in total. The highest BCUT2D eigenvalue weighted by atomic mass is 35.5. The van der Waals surface area contributed by atoms with Gasteiger partial charge in [-0.1, -0.05) is 59.6 Å². The third kappa shape index (κ3) is 12.4. The Morgan fingerprint density at radius 1 is 0.972 bits per heavy atom. The summed E-state index contributed by atoms with van der Waals surface area (Å²) in [7, 11) is 1.29. The quantitative estimate of drug-likeness (QED) is 0.0968. The minimum atomic E-state index is -1.23. The van der Waals surface area contributed by atoms with Crippen LogP contribution in [0.3, 0.4) is 0 Å². The van der Waals surface area contributed by atoms with Gasteiger partial charge in [-0.15, -0.1) is 11.3 Å². The summed E-state index contributed by atoms with van der Waals surface area (Å²) >= 11 is 8.63. The van der Waals surface area contributed by atoms with Crippen LogP contribution in [-0.4, -0.2) is 137 Å². The second kappa shape index (κ2) is 21.5. The molecule has 2 saturated carbocycles. The van der Waals surface area contributed by atoms with Crippen LogP contribution in [0.1, 0.15) is 108 Å². The van der Waals surface area contributed by atoms with Crippen LogP contribution in [0.5, 0.6) is 11.5 Å². The maximum Gasteiger partial charge on any atom is 0.410 e. The van der Waals surface area contributed by atoms with Crippen molar-refractivity contribution >= 4 is 68.9 Å². The van der Waals surface area contributed by atoms with Crippen molar-refractivity contribution in [3.63, 3.8) is 0 Å². The standard InChI is InChI=1S/C51H72ClN7O11S/c1-13-30-22-51(30,45(62)65-12)57-43(60)37-20-33(23-59(37)44(61)42(49(6,7)8)56-47(63)69-32-18-28(4)29(5)19-32)68-39-21-35(36-26-71-46(55-36)53-27(2)3)54-41-34(39)14-15-38(40(41)52)67-25-31-24-66-17-16-58(31)48(64)70-50(9,10)11/h14-15,21,26-33,37,42H,13,16-20,22-25H2,1-12H3,(H,53,55)(H,56,63)(H,57,60)/t28-,29?,30-,31-,32?,33-,37+,42-,51-/m1/s1. The number of methoxy groups -OCH3 is 1. The number of hydrogen-bond donors (Lipinski definition) is 3. The zero-order chi connectivity index (χ0) is 51.7. The summed E-state index contributed by atoms with van der Waals surface area (Å²) in [6.07, 6.45) is 0.299. The lowest BCUT2D eigenvalue weighted by Gasteiger charge is -2.36. The second-order valence-corrected chi connectivity index (χ2v) is 23.2. The van der Waals surface area contributed by atoms with E-state index >= 15 is 4.79 Å². The van der Waals surface area contributed by atoms with Crippen molar-refractivity contribution in [3.05, 3.63) is 28.6 Å². The summed E-state index contributed by atoms with van der Waals surface area (Å²) in [6, 6.07) is 2.70. The van der Waals surface area contributed by atoms with Gasteiger partial charge in [-0.3, -0.25) is 14.5 Å². The van der Waals surface area contributed by atoms with Crippen LogP contribution in [0.4, 0.5) is 14.7 Å². The first kappa shape index (κ1) is 53.7. The van der Waals surface area contributed by atoms with E-state index in [-0.39, 0.29) is 49.3 Å². The van der Waals surface area contributed by atoms with E-state index in [1.54, 1.807) is 23.1 Å². The van der Waals surface area contributed by atoms with E-state index < -0.39 is 70.8 Å². The highest BCUT2D eigenvalue weighted by Crippen LogP contribution is 2.47. The molecule has 1 aromatic carbocycles. The number of carbonyl (C=O) groups excluding carboxylic acids is 5. The summed E-state index contributed by atoms with van der Waals surface area (Å²) < 4.78 is 35.7. The number of nitrogens with zero attached hydrogens (tertiary/aromatic N) is 4. The number of alkyl carbamates (subject to hydrolysis) is 1. The van der Waals surface area contributed by atoms with Crippen LogP contribution in [0.25, 0.3) is 22.3 Å². The first-order valence-electron chi connectivity index (χ1n) is 24.8. The molecule has 3 N–H and O–H groups in total. The number of anilines is 1. The molecule has 2 aliphatic carbocycles. The van der Waals surface area contributed by atoms with E-state index in [9.17, 15) is 19.2 Å². The highest BCUT2D eigenvalue weighted by Gasteiger charge is 2.62. The summed E-state index contributed by atoms with van der Waals surface area (Å²) in [5, 5.41) is 12.4. The molecule has 0 spiro atoms. The van der Waals surface area contributed by atoms with Gasteiger partial charge in [0.15, 0.2) is 5.13 Å². The van der Waals surface area contributed by atoms with Gasteiger partial charge >= 0.3 is 18.2 Å². The maximum absolute atomic E-state index is 15.0. The molecule has 0 radical (unpaired) electrons.